The maximum absolute atomic E-state index is 7.23. The Labute approximate surface area is 242 Å². The van der Waals surface area contributed by atoms with Crippen LogP contribution in [0.2, 0.25) is 19.6 Å². The van der Waals surface area contributed by atoms with E-state index >= 15 is 0 Å². The Morgan fingerprint density at radius 1 is 0.757 bits per heavy atom. The van der Waals surface area contributed by atoms with Crippen molar-refractivity contribution in [1.82, 2.24) is 9.97 Å². The summed E-state index contributed by atoms with van der Waals surface area (Å²) in [7, 11) is -1.37. The van der Waals surface area contributed by atoms with Gasteiger partial charge in [0.1, 0.15) is 0 Å². The van der Waals surface area contributed by atoms with Crippen LogP contribution in [0.1, 0.15) is 9.68 Å². The summed E-state index contributed by atoms with van der Waals surface area (Å²) in [6.07, 6.45) is 3.24. The molecule has 6 aromatic rings. The van der Waals surface area contributed by atoms with Gasteiger partial charge in [-0.05, 0) is 45.1 Å². The molecule has 187 valence electrons. The molecule has 0 aliphatic heterocycles. The van der Waals surface area contributed by atoms with Gasteiger partial charge in [-0.15, -0.1) is 59.7 Å². The van der Waals surface area contributed by atoms with Crippen LogP contribution in [0, 0.1) is 19.0 Å². The van der Waals surface area contributed by atoms with Crippen LogP contribution in [0.15, 0.2) is 97.3 Å². The molecule has 0 spiro atoms. The van der Waals surface area contributed by atoms with Crippen molar-refractivity contribution in [2.45, 2.75) is 26.5 Å². The van der Waals surface area contributed by atoms with Crippen molar-refractivity contribution in [2.24, 2.45) is 0 Å². The molecule has 6 rings (SSSR count). The molecule has 37 heavy (non-hydrogen) atoms. The van der Waals surface area contributed by atoms with Crippen LogP contribution >= 0.6 is 11.3 Å². The molecule has 3 aromatic heterocycles. The zero-order chi connectivity index (χ0) is 27.6. The Bertz CT molecular complexity index is 1710. The summed E-state index contributed by atoms with van der Waals surface area (Å²) in [6, 6.07) is 34.2. The van der Waals surface area contributed by atoms with E-state index in [2.05, 4.69) is 72.1 Å². The smallest absolute Gasteiger partial charge is 0.0794 e. The summed E-state index contributed by atoms with van der Waals surface area (Å²) in [5.74, 6) is 0. The molecule has 0 aliphatic carbocycles. The Kier molecular flexibility index (Phi) is 7.28. The second-order valence-electron chi connectivity index (χ2n) is 9.55. The van der Waals surface area contributed by atoms with E-state index < -0.39 is 14.9 Å². The first kappa shape index (κ1) is 23.2. The number of benzene rings is 3. The summed E-state index contributed by atoms with van der Waals surface area (Å²) >= 11 is 1.90. The summed E-state index contributed by atoms with van der Waals surface area (Å²) in [5.41, 5.74) is 3.96. The van der Waals surface area contributed by atoms with Crippen LogP contribution in [0.25, 0.3) is 42.7 Å². The minimum Gasteiger partial charge on any atom is -0.305 e. The van der Waals surface area contributed by atoms with Gasteiger partial charge in [0.25, 0.3) is 0 Å². The molecule has 0 aliphatic rings. The van der Waals surface area contributed by atoms with E-state index in [1.54, 1.807) is 23.4 Å². The number of thiophene rings is 1. The first-order valence-electron chi connectivity index (χ1n) is 13.3. The third kappa shape index (κ3) is 5.97. The Hall–Kier alpha value is -2.95. The number of rotatable bonds is 3. The van der Waals surface area contributed by atoms with Gasteiger partial charge in [0, 0.05) is 41.3 Å². The molecule has 3 heterocycles. The van der Waals surface area contributed by atoms with Crippen molar-refractivity contribution in [2.75, 3.05) is 0 Å². The fourth-order valence-corrected chi connectivity index (χ4v) is 7.87. The average molecular weight is 696 g/mol. The topological polar surface area (TPSA) is 25.8 Å². The fourth-order valence-electron chi connectivity index (χ4n) is 4.16. The molecule has 0 unspecified atom stereocenters. The Morgan fingerprint density at radius 2 is 1.59 bits per heavy atom. The van der Waals surface area contributed by atoms with Crippen molar-refractivity contribution < 1.29 is 24.2 Å². The molecule has 0 fully saturated rings. The second-order valence-corrected chi connectivity index (χ2v) is 15.6. The van der Waals surface area contributed by atoms with Gasteiger partial charge in [-0.2, -0.15) is 11.3 Å². The van der Waals surface area contributed by atoms with Crippen LogP contribution < -0.4 is 5.19 Å². The predicted octanol–water partition coefficient (Wildman–Crippen LogP) is 8.32. The van der Waals surface area contributed by atoms with Gasteiger partial charge in [0.2, 0.25) is 0 Å². The third-order valence-electron chi connectivity index (χ3n) is 5.94. The number of pyridine rings is 2. The van der Waals surface area contributed by atoms with E-state index in [4.69, 9.17) is 4.11 Å². The summed E-state index contributed by atoms with van der Waals surface area (Å²) < 4.78 is 24.4. The maximum Gasteiger partial charge on any atom is 0.0794 e. The number of nitrogens with zero attached hydrogens (tertiary/aromatic N) is 2. The molecular weight excluding hydrogens is 665 g/mol. The number of hydrogen-bond acceptors (Lipinski definition) is 3. The van der Waals surface area contributed by atoms with E-state index in [9.17, 15) is 0 Å². The summed E-state index contributed by atoms with van der Waals surface area (Å²) in [4.78, 5) is 8.65. The van der Waals surface area contributed by atoms with Gasteiger partial charge in [-0.25, -0.2) is 0 Å². The first-order valence-corrected chi connectivity index (χ1v) is 16.2. The van der Waals surface area contributed by atoms with E-state index in [0.29, 0.717) is 0 Å². The van der Waals surface area contributed by atoms with Crippen LogP contribution in [0.3, 0.4) is 0 Å². The monoisotopic (exact) mass is 696 g/mol. The normalized spacial score (nSPS) is 12.6. The van der Waals surface area contributed by atoms with Gasteiger partial charge < -0.3 is 9.97 Å². The quantitative estimate of drug-likeness (QED) is 0.138. The molecule has 0 atom stereocenters. The number of hydrogen-bond donors (Lipinski definition) is 0. The van der Waals surface area contributed by atoms with E-state index in [1.807, 2.05) is 53.9 Å². The molecule has 0 saturated heterocycles. The number of fused-ring (bicyclic) bond motifs is 3. The van der Waals surface area contributed by atoms with E-state index in [-0.39, 0.29) is 25.7 Å². The van der Waals surface area contributed by atoms with Crippen molar-refractivity contribution in [3.63, 3.8) is 0 Å². The maximum atomic E-state index is 7.23. The predicted molar refractivity (Wildman–Crippen MR) is 158 cm³/mol. The minimum atomic E-state index is -2.09. The first-order chi connectivity index (χ1) is 18.6. The molecule has 1 radical (unpaired) electrons. The second kappa shape index (κ2) is 11.6. The Morgan fingerprint density at radius 3 is 2.27 bits per heavy atom. The van der Waals surface area contributed by atoms with Crippen LogP contribution in [0.4, 0.5) is 0 Å². The van der Waals surface area contributed by atoms with Crippen LogP contribution in [0.5, 0.6) is 0 Å². The van der Waals surface area contributed by atoms with Crippen molar-refractivity contribution in [3.8, 4) is 22.5 Å². The van der Waals surface area contributed by atoms with E-state index in [0.717, 1.165) is 22.5 Å². The molecule has 2 nitrogen and oxygen atoms in total. The van der Waals surface area contributed by atoms with Gasteiger partial charge in [0.05, 0.1) is 8.07 Å². The standard InChI is InChI=1S/C20H18NSSi.C12H10N.Ir/c1-23(2,3)18-12-7-9-15-14-8-6-10-16(19(14)22-20(15)18)17-11-4-5-13-21-17;1-10-7-8-12(13-9-10)11-5-3-2-4-6-11;/h4-9,11-13H,1-3H3;2-5,7-9H,1H3;/q2*-1;/i;1D3;. The average Bonchev–Trinajstić information content (AvgIpc) is 3.32. The van der Waals surface area contributed by atoms with Crippen molar-refractivity contribution in [3.05, 3.63) is 115 Å². The zero-order valence-electron chi connectivity index (χ0n) is 23.9. The van der Waals surface area contributed by atoms with E-state index in [1.165, 1.54) is 26.4 Å². The minimum absolute atomic E-state index is 0. The number of aromatic nitrogens is 2. The van der Waals surface area contributed by atoms with Crippen LogP contribution in [-0.2, 0) is 20.1 Å². The van der Waals surface area contributed by atoms with Crippen molar-refractivity contribution >= 4 is 44.8 Å². The van der Waals surface area contributed by atoms with Gasteiger partial charge in [-0.1, -0.05) is 67.5 Å². The molecule has 3 aromatic carbocycles. The van der Waals surface area contributed by atoms with Crippen LogP contribution in [-0.4, -0.2) is 18.0 Å². The molecule has 0 N–H and O–H groups in total. The fraction of sp³-hybridized carbons (Fsp3) is 0.125. The van der Waals surface area contributed by atoms with Crippen molar-refractivity contribution in [1.29, 1.82) is 0 Å². The zero-order valence-corrected chi connectivity index (χ0v) is 25.1. The molecule has 5 heteroatoms. The molecule has 0 amide bonds. The van der Waals surface area contributed by atoms with Gasteiger partial charge in [0.15, 0.2) is 0 Å². The largest absolute Gasteiger partial charge is 0.305 e. The number of aryl methyl sites for hydroxylation is 1. The third-order valence-corrected chi connectivity index (χ3v) is 9.42. The van der Waals surface area contributed by atoms with Gasteiger partial charge >= 0.3 is 0 Å². The molecule has 0 saturated carbocycles. The SMILES string of the molecule is C[Si](C)(C)c1cccc2c1sc1c(-c3ccccn3)[c-]ccc12.[2H]C([2H])([2H])c1ccc(-c2[c-]cccc2)nc1.[Ir]. The Balaban J connectivity index is 0.000000192. The van der Waals surface area contributed by atoms with Gasteiger partial charge in [-0.3, -0.25) is 0 Å². The molecule has 0 bridgehead atoms. The summed E-state index contributed by atoms with van der Waals surface area (Å²) in [6.45, 7) is 5.15. The summed E-state index contributed by atoms with van der Waals surface area (Å²) in [5, 5.41) is 4.24. The molecular formula is C32H28IrN2SSi-2.